The van der Waals surface area contributed by atoms with E-state index in [4.69, 9.17) is 18.9 Å². The molecule has 0 amide bonds. The van der Waals surface area contributed by atoms with Crippen molar-refractivity contribution in [2.24, 2.45) is 0 Å². The highest BCUT2D eigenvalue weighted by Crippen LogP contribution is 2.19. The fourth-order valence-electron chi connectivity index (χ4n) is 3.24. The Kier molecular flexibility index (Phi) is 11.5. The smallest absolute Gasteiger partial charge is 0.338 e. The molecule has 1 atom stereocenters. The number of carbonyl (C=O) groups is 2. The van der Waals surface area contributed by atoms with Crippen molar-refractivity contribution in [3.05, 3.63) is 34.9 Å². The van der Waals surface area contributed by atoms with Crippen LogP contribution < -0.4 is 0 Å². The zero-order chi connectivity index (χ0) is 21.6. The molecule has 0 aliphatic carbocycles. The Balaban J connectivity index is 2.05. The Morgan fingerprint density at radius 2 is 1.50 bits per heavy atom. The third-order valence-corrected chi connectivity index (χ3v) is 5.00. The minimum Gasteiger partial charge on any atom is -0.462 e. The number of hydrogen-bond acceptors (Lipinski definition) is 6. The van der Waals surface area contributed by atoms with Gasteiger partial charge in [-0.15, -0.1) is 0 Å². The van der Waals surface area contributed by atoms with Crippen molar-refractivity contribution < 1.29 is 28.5 Å². The van der Waals surface area contributed by atoms with Crippen LogP contribution in [0.1, 0.15) is 97.9 Å². The second-order valence-corrected chi connectivity index (χ2v) is 7.71. The second-order valence-electron chi connectivity index (χ2n) is 7.71. The third kappa shape index (κ3) is 8.84. The molecule has 1 aromatic carbocycles. The second kappa shape index (κ2) is 14.1. The van der Waals surface area contributed by atoms with Gasteiger partial charge in [0.2, 0.25) is 0 Å². The maximum absolute atomic E-state index is 12.5. The molecular weight excluding hydrogens is 384 g/mol. The minimum atomic E-state index is -0.429. The van der Waals surface area contributed by atoms with Crippen molar-refractivity contribution in [2.75, 3.05) is 19.8 Å². The molecule has 168 valence electrons. The van der Waals surface area contributed by atoms with Gasteiger partial charge in [0.25, 0.3) is 0 Å². The topological polar surface area (TPSA) is 71.1 Å². The van der Waals surface area contributed by atoms with Gasteiger partial charge in [-0.2, -0.15) is 0 Å². The maximum Gasteiger partial charge on any atom is 0.338 e. The Morgan fingerprint density at radius 3 is 2.00 bits per heavy atom. The summed E-state index contributed by atoms with van der Waals surface area (Å²) < 4.78 is 22.2. The van der Waals surface area contributed by atoms with E-state index in [0.717, 1.165) is 63.4 Å². The molecule has 0 bridgehead atoms. The molecule has 6 nitrogen and oxygen atoms in total. The van der Waals surface area contributed by atoms with Gasteiger partial charge in [0.1, 0.15) is 0 Å². The Morgan fingerprint density at radius 1 is 0.900 bits per heavy atom. The monoisotopic (exact) mass is 420 g/mol. The van der Waals surface area contributed by atoms with E-state index in [2.05, 4.69) is 13.8 Å². The van der Waals surface area contributed by atoms with Crippen LogP contribution in [0.5, 0.6) is 0 Å². The summed E-state index contributed by atoms with van der Waals surface area (Å²) >= 11 is 0. The molecule has 30 heavy (non-hydrogen) atoms. The van der Waals surface area contributed by atoms with Crippen molar-refractivity contribution in [1.82, 2.24) is 0 Å². The van der Waals surface area contributed by atoms with Gasteiger partial charge in [0.15, 0.2) is 6.29 Å². The van der Waals surface area contributed by atoms with Crippen LogP contribution in [0.15, 0.2) is 18.2 Å². The van der Waals surface area contributed by atoms with Gasteiger partial charge >= 0.3 is 11.9 Å². The van der Waals surface area contributed by atoms with Gasteiger partial charge in [0, 0.05) is 6.61 Å². The molecule has 1 heterocycles. The van der Waals surface area contributed by atoms with E-state index in [1.54, 1.807) is 18.2 Å². The van der Waals surface area contributed by atoms with Crippen molar-refractivity contribution in [3.8, 4) is 0 Å². The number of ether oxygens (including phenoxy) is 4. The normalized spacial score (nSPS) is 16.3. The first kappa shape index (κ1) is 24.4. The molecule has 0 N–H and O–H groups in total. The van der Waals surface area contributed by atoms with Gasteiger partial charge in [-0.3, -0.25) is 0 Å². The maximum atomic E-state index is 12.5. The largest absolute Gasteiger partial charge is 0.462 e. The molecule has 0 aromatic heterocycles. The van der Waals surface area contributed by atoms with E-state index < -0.39 is 11.9 Å². The van der Waals surface area contributed by atoms with Crippen LogP contribution >= 0.6 is 0 Å². The lowest BCUT2D eigenvalue weighted by Crippen LogP contribution is -2.22. The number of rotatable bonds is 13. The Hall–Kier alpha value is -1.92. The molecule has 1 unspecified atom stereocenters. The summed E-state index contributed by atoms with van der Waals surface area (Å²) in [7, 11) is 0. The summed E-state index contributed by atoms with van der Waals surface area (Å²) in [6, 6.07) is 4.99. The first-order valence-corrected chi connectivity index (χ1v) is 11.4. The van der Waals surface area contributed by atoms with E-state index in [1.807, 2.05) is 0 Å². The summed E-state index contributed by atoms with van der Waals surface area (Å²) in [4.78, 5) is 25.0. The van der Waals surface area contributed by atoms with Gasteiger partial charge in [-0.05, 0) is 55.9 Å². The Labute approximate surface area is 180 Å². The van der Waals surface area contributed by atoms with Gasteiger partial charge in [-0.25, -0.2) is 9.59 Å². The van der Waals surface area contributed by atoms with E-state index in [0.29, 0.717) is 30.9 Å². The van der Waals surface area contributed by atoms with Crippen LogP contribution in [0.25, 0.3) is 0 Å². The number of benzene rings is 1. The number of unbranched alkanes of at least 4 members (excludes halogenated alkanes) is 4. The fraction of sp³-hybridized carbons (Fsp3) is 0.667. The molecule has 0 spiro atoms. The first-order valence-electron chi connectivity index (χ1n) is 11.4. The summed E-state index contributed by atoms with van der Waals surface area (Å²) in [5.41, 5.74) is 1.42. The standard InChI is InChI=1S/C24H36O6/c1-3-5-8-13-28-23(25)20-15-19(18-30-22-11-7-10-12-27-22)16-21(17-20)24(26)29-14-9-6-4-2/h15-17,22H,3-14,18H2,1-2H3. The highest BCUT2D eigenvalue weighted by molar-refractivity contribution is 5.95. The third-order valence-electron chi connectivity index (χ3n) is 5.00. The van der Waals surface area contributed by atoms with Crippen LogP contribution in [-0.4, -0.2) is 38.0 Å². The van der Waals surface area contributed by atoms with Crippen molar-refractivity contribution >= 4 is 11.9 Å². The number of carbonyl (C=O) groups excluding carboxylic acids is 2. The zero-order valence-electron chi connectivity index (χ0n) is 18.5. The van der Waals surface area contributed by atoms with Gasteiger partial charge in [0.05, 0.1) is 30.9 Å². The SMILES string of the molecule is CCCCCOC(=O)c1cc(COC2CCCCO2)cc(C(=O)OCCCCC)c1. The summed E-state index contributed by atoms with van der Waals surface area (Å²) in [5, 5.41) is 0. The molecule has 1 fully saturated rings. The van der Waals surface area contributed by atoms with E-state index in [1.165, 1.54) is 0 Å². The van der Waals surface area contributed by atoms with Crippen molar-refractivity contribution in [3.63, 3.8) is 0 Å². The zero-order valence-corrected chi connectivity index (χ0v) is 18.5. The molecule has 1 aliphatic heterocycles. The predicted molar refractivity (Wildman–Crippen MR) is 114 cm³/mol. The molecule has 1 aliphatic rings. The van der Waals surface area contributed by atoms with E-state index in [-0.39, 0.29) is 12.9 Å². The fourth-order valence-corrected chi connectivity index (χ4v) is 3.24. The van der Waals surface area contributed by atoms with Crippen LogP contribution in [0.4, 0.5) is 0 Å². The molecular formula is C24H36O6. The molecule has 2 rings (SSSR count). The van der Waals surface area contributed by atoms with Gasteiger partial charge in [-0.1, -0.05) is 39.5 Å². The van der Waals surface area contributed by atoms with Crippen molar-refractivity contribution in [1.29, 1.82) is 0 Å². The lowest BCUT2D eigenvalue weighted by molar-refractivity contribution is -0.168. The number of hydrogen-bond donors (Lipinski definition) is 0. The number of esters is 2. The van der Waals surface area contributed by atoms with Crippen LogP contribution in [0.2, 0.25) is 0 Å². The highest BCUT2D eigenvalue weighted by Gasteiger charge is 2.18. The lowest BCUT2D eigenvalue weighted by Gasteiger charge is -2.22. The quantitative estimate of drug-likeness (QED) is 0.313. The lowest BCUT2D eigenvalue weighted by atomic mass is 10.1. The van der Waals surface area contributed by atoms with Crippen LogP contribution in [0.3, 0.4) is 0 Å². The van der Waals surface area contributed by atoms with Crippen LogP contribution in [-0.2, 0) is 25.6 Å². The molecule has 0 saturated carbocycles. The summed E-state index contributed by atoms with van der Waals surface area (Å²) in [6.45, 7) is 5.90. The minimum absolute atomic E-state index is 0.243. The highest BCUT2D eigenvalue weighted by atomic mass is 16.7. The van der Waals surface area contributed by atoms with E-state index in [9.17, 15) is 9.59 Å². The first-order chi connectivity index (χ1) is 14.6. The molecule has 1 saturated heterocycles. The summed E-state index contributed by atoms with van der Waals surface area (Å²) in [6.07, 6.45) is 8.53. The predicted octanol–water partition coefficient (Wildman–Crippen LogP) is 5.42. The average molecular weight is 421 g/mol. The molecule has 6 heteroatoms. The summed E-state index contributed by atoms with van der Waals surface area (Å²) in [5.74, 6) is -0.858. The Bertz CT molecular complexity index is 609. The van der Waals surface area contributed by atoms with Crippen molar-refractivity contribution in [2.45, 2.75) is 84.5 Å². The van der Waals surface area contributed by atoms with Crippen LogP contribution in [0, 0.1) is 0 Å². The van der Waals surface area contributed by atoms with Gasteiger partial charge < -0.3 is 18.9 Å². The molecule has 1 aromatic rings. The molecule has 0 radical (unpaired) electrons. The van der Waals surface area contributed by atoms with E-state index >= 15 is 0 Å². The average Bonchev–Trinajstić information content (AvgIpc) is 2.78.